The molecule has 23 nitrogen and oxygen atoms in total. The van der Waals surface area contributed by atoms with Crippen LogP contribution in [-0.2, 0) is 87.2 Å². The number of aromatic hydroxyl groups is 1. The van der Waals surface area contributed by atoms with Gasteiger partial charge in [-0.05, 0) is 95.5 Å². The predicted octanol–water partition coefficient (Wildman–Crippen LogP) is 2.85. The van der Waals surface area contributed by atoms with Gasteiger partial charge in [0.15, 0.2) is 0 Å². The van der Waals surface area contributed by atoms with Crippen LogP contribution in [0.2, 0.25) is 0 Å². The summed E-state index contributed by atoms with van der Waals surface area (Å²) in [6.45, 7) is 9.65. The Balaban J connectivity index is 0.893. The second-order valence-electron chi connectivity index (χ2n) is 19.4. The number of imide groups is 1. The number of phenolic OH excluding ortho intramolecular Hbond substituents is 1. The van der Waals surface area contributed by atoms with Gasteiger partial charge in [-0.3, -0.25) is 38.5 Å². The molecule has 2 aromatic heterocycles. The highest BCUT2D eigenvalue weighted by Gasteiger charge is 2.50. The molecule has 1 unspecified atom stereocenters. The van der Waals surface area contributed by atoms with Crippen molar-refractivity contribution in [3.8, 4) is 17.1 Å². The largest absolute Gasteiger partial charge is 0.508 e. The van der Waals surface area contributed by atoms with E-state index in [9.17, 15) is 48.3 Å². The molecule has 1 aromatic carbocycles. The lowest BCUT2D eigenvalue weighted by molar-refractivity contribution is -0.189. The molecule has 2 atom stereocenters. The SMILES string of the molecule is CCc1c2c(nc3ccc(O)cc13)-c1cc3c(c(=O)n1C2)COC(=O)[C@@]3(CC)OC(=O)CNC(=O)C(CCCCNC(=O)COCCOCCOCCNC(=O)CCCCCN1C(=O)C=CC1=O)NC(=O)OC(C)(C)C. The summed E-state index contributed by atoms with van der Waals surface area (Å²) in [6.07, 6.45) is 5.28. The molecule has 3 aliphatic rings. The lowest BCUT2D eigenvalue weighted by atomic mass is 9.85. The molecule has 0 bridgehead atoms. The minimum atomic E-state index is -2.04. The van der Waals surface area contributed by atoms with Gasteiger partial charge in [0.1, 0.15) is 37.2 Å². The van der Waals surface area contributed by atoms with Crippen molar-refractivity contribution >= 4 is 58.5 Å². The van der Waals surface area contributed by atoms with Crippen LogP contribution in [0.5, 0.6) is 5.75 Å². The Morgan fingerprint density at radius 2 is 1.54 bits per heavy atom. The molecule has 0 saturated carbocycles. The van der Waals surface area contributed by atoms with Crippen molar-refractivity contribution in [1.82, 2.24) is 35.7 Å². The maximum Gasteiger partial charge on any atom is 0.408 e. The van der Waals surface area contributed by atoms with Crippen molar-refractivity contribution in [2.75, 3.05) is 65.8 Å². The van der Waals surface area contributed by atoms with Gasteiger partial charge in [0.05, 0.1) is 62.0 Å². The number of nitrogens with zero attached hydrogens (tertiary/aromatic N) is 3. The number of esters is 2. The van der Waals surface area contributed by atoms with Crippen LogP contribution < -0.4 is 26.8 Å². The number of hydrogen-bond acceptors (Lipinski definition) is 17. The average molecular weight is 1060 g/mol. The number of phenols is 1. The van der Waals surface area contributed by atoms with Crippen molar-refractivity contribution in [1.29, 1.82) is 0 Å². The Bertz CT molecular complexity index is 2730. The lowest BCUT2D eigenvalue weighted by Gasteiger charge is -2.35. The van der Waals surface area contributed by atoms with E-state index in [2.05, 4.69) is 21.3 Å². The molecule has 3 aromatic rings. The zero-order valence-electron chi connectivity index (χ0n) is 43.8. The number of carbonyl (C=O) groups is 8. The maximum absolute atomic E-state index is 14.1. The number of fused-ring (bicyclic) bond motifs is 5. The van der Waals surface area contributed by atoms with Gasteiger partial charge in [0.2, 0.25) is 23.3 Å². The van der Waals surface area contributed by atoms with Crippen molar-refractivity contribution in [2.45, 2.75) is 123 Å². The van der Waals surface area contributed by atoms with Crippen molar-refractivity contribution < 1.29 is 71.9 Å². The van der Waals surface area contributed by atoms with Gasteiger partial charge in [-0.25, -0.2) is 14.6 Å². The molecule has 412 valence electrons. The number of hydrogen-bond donors (Lipinski definition) is 5. The quantitative estimate of drug-likeness (QED) is 0.0226. The number of benzene rings is 1. The summed E-state index contributed by atoms with van der Waals surface area (Å²) in [5, 5.41) is 21.5. The van der Waals surface area contributed by atoms with Crippen molar-refractivity contribution in [2.24, 2.45) is 0 Å². The third-order valence-electron chi connectivity index (χ3n) is 12.8. The number of cyclic esters (lactones) is 1. The van der Waals surface area contributed by atoms with E-state index in [-0.39, 0.29) is 99.5 Å². The van der Waals surface area contributed by atoms with E-state index < -0.39 is 53.3 Å². The van der Waals surface area contributed by atoms with Gasteiger partial charge in [0, 0.05) is 54.7 Å². The summed E-state index contributed by atoms with van der Waals surface area (Å²) in [7, 11) is 0. The van der Waals surface area contributed by atoms with Gasteiger partial charge in [-0.15, -0.1) is 0 Å². The highest BCUT2D eigenvalue weighted by Crippen LogP contribution is 2.42. The number of ether oxygens (including phenoxy) is 6. The maximum atomic E-state index is 14.1. The molecule has 23 heteroatoms. The number of alkyl carbamates (subject to hydrolysis) is 1. The first kappa shape index (κ1) is 58.0. The number of rotatable bonds is 29. The minimum absolute atomic E-state index is 0.0824. The molecule has 6 rings (SSSR count). The summed E-state index contributed by atoms with van der Waals surface area (Å²) < 4.78 is 34.6. The number of pyridine rings is 2. The fraction of sp³-hybridized carbons (Fsp3) is 0.547. The van der Waals surface area contributed by atoms with Crippen LogP contribution in [0.4, 0.5) is 4.79 Å². The van der Waals surface area contributed by atoms with E-state index in [0.29, 0.717) is 88.2 Å². The van der Waals surface area contributed by atoms with Gasteiger partial charge in [-0.2, -0.15) is 0 Å². The summed E-state index contributed by atoms with van der Waals surface area (Å²) >= 11 is 0. The van der Waals surface area contributed by atoms with E-state index in [0.717, 1.165) is 16.5 Å². The summed E-state index contributed by atoms with van der Waals surface area (Å²) in [6, 6.07) is 5.32. The number of carbonyl (C=O) groups excluding carboxylic acids is 8. The third-order valence-corrected chi connectivity index (χ3v) is 12.8. The van der Waals surface area contributed by atoms with Crippen LogP contribution in [0.3, 0.4) is 0 Å². The molecule has 0 spiro atoms. The minimum Gasteiger partial charge on any atom is -0.508 e. The van der Waals surface area contributed by atoms with E-state index >= 15 is 0 Å². The van der Waals surface area contributed by atoms with E-state index in [1.165, 1.54) is 23.1 Å². The molecule has 5 heterocycles. The van der Waals surface area contributed by atoms with Gasteiger partial charge >= 0.3 is 18.0 Å². The molecular formula is C53H69N7O16. The molecule has 6 amide bonds. The standard InChI is InChI=1S/C53H69N7O16/c1-6-34-35-27-33(61)15-16-39(35)57-47-36(34)30-60-41(47)28-38-37(49(60)68)31-74-50(69)53(38,7-2)75-46(66)29-56-48(67)40(58-51(70)76-52(3,4)5)13-10-11-19-54-43(63)32-73-26-25-72-24-23-71-22-20-55-42(62)14-9-8-12-21-59-44(64)17-18-45(59)65/h15-18,27-28,40,61H,6-14,19-26,29-32H2,1-5H3,(H,54,63)(H,55,62)(H,56,67)(H,58,70)/t40?,53-/m0/s1. The Kier molecular flexibility index (Phi) is 20.6. The van der Waals surface area contributed by atoms with Crippen LogP contribution >= 0.6 is 0 Å². The molecule has 0 saturated heterocycles. The Morgan fingerprint density at radius 3 is 2.25 bits per heavy atom. The number of amides is 6. The molecular weight excluding hydrogens is 991 g/mol. The lowest BCUT2D eigenvalue weighted by Crippen LogP contribution is -2.51. The van der Waals surface area contributed by atoms with Crippen molar-refractivity contribution in [3.05, 3.63) is 69.0 Å². The second kappa shape index (κ2) is 27.0. The zero-order chi connectivity index (χ0) is 55.0. The van der Waals surface area contributed by atoms with E-state index in [1.54, 1.807) is 50.5 Å². The fourth-order valence-corrected chi connectivity index (χ4v) is 9.03. The smallest absolute Gasteiger partial charge is 0.408 e. The van der Waals surface area contributed by atoms with E-state index in [4.69, 9.17) is 33.4 Å². The third kappa shape index (κ3) is 15.2. The molecule has 0 aliphatic carbocycles. The van der Waals surface area contributed by atoms with Crippen LogP contribution in [0.1, 0.15) is 108 Å². The molecule has 3 aliphatic heterocycles. The van der Waals surface area contributed by atoms with Crippen LogP contribution in [-0.4, -0.2) is 145 Å². The molecule has 0 radical (unpaired) electrons. The topological polar surface area (TPSA) is 298 Å². The van der Waals surface area contributed by atoms with Gasteiger partial charge < -0.3 is 59.4 Å². The first-order valence-electron chi connectivity index (χ1n) is 25.7. The van der Waals surface area contributed by atoms with Gasteiger partial charge in [-0.1, -0.05) is 20.3 Å². The normalized spacial score (nSPS) is 15.9. The van der Waals surface area contributed by atoms with Crippen molar-refractivity contribution in [3.63, 3.8) is 0 Å². The molecule has 0 fully saturated rings. The fourth-order valence-electron chi connectivity index (χ4n) is 9.03. The molecule has 5 N–H and O–H groups in total. The van der Waals surface area contributed by atoms with Crippen LogP contribution in [0.25, 0.3) is 22.3 Å². The first-order valence-corrected chi connectivity index (χ1v) is 25.7. The summed E-state index contributed by atoms with van der Waals surface area (Å²) in [5.41, 5.74) is 0.209. The molecule has 76 heavy (non-hydrogen) atoms. The summed E-state index contributed by atoms with van der Waals surface area (Å²) in [4.78, 5) is 121. The van der Waals surface area contributed by atoms with Gasteiger partial charge in [0.25, 0.3) is 17.4 Å². The number of nitrogens with one attached hydrogen (secondary N) is 4. The Morgan fingerprint density at radius 1 is 0.829 bits per heavy atom. The summed E-state index contributed by atoms with van der Waals surface area (Å²) in [5.74, 6) is -3.65. The Labute approximate surface area is 439 Å². The number of aromatic nitrogens is 2. The van der Waals surface area contributed by atoms with E-state index in [1.807, 2.05) is 6.92 Å². The average Bonchev–Trinajstić information content (AvgIpc) is 3.99. The number of aryl methyl sites for hydroxylation is 1. The first-order chi connectivity index (χ1) is 36.3. The highest BCUT2D eigenvalue weighted by atomic mass is 16.6. The second-order valence-corrected chi connectivity index (χ2v) is 19.4. The monoisotopic (exact) mass is 1060 g/mol. The number of unbranched alkanes of at least 4 members (excludes halogenated alkanes) is 3. The van der Waals surface area contributed by atoms with Crippen LogP contribution in [0.15, 0.2) is 41.2 Å². The van der Waals surface area contributed by atoms with Crippen LogP contribution in [0, 0.1) is 0 Å². The Hall–Kier alpha value is -7.24. The zero-order valence-corrected chi connectivity index (χ0v) is 43.8. The predicted molar refractivity (Wildman–Crippen MR) is 272 cm³/mol. The highest BCUT2D eigenvalue weighted by molar-refractivity contribution is 6.12.